The van der Waals surface area contributed by atoms with Gasteiger partial charge in [0.15, 0.2) is 5.78 Å². The number of fused-ring (bicyclic) bond motifs is 5. The van der Waals surface area contributed by atoms with Crippen LogP contribution in [0.15, 0.2) is 30.3 Å². The molecular weight excluding hydrogens is 532 g/mol. The van der Waals surface area contributed by atoms with Gasteiger partial charge in [0, 0.05) is 5.92 Å². The lowest BCUT2D eigenvalue weighted by Gasteiger charge is -2.59. The molecule has 4 aliphatic carbocycles. The Morgan fingerprint density at radius 1 is 0.938 bits per heavy atom. The number of alkyl halides is 2. The molecule has 1 aromatic carbocycles. The third-order valence-corrected chi connectivity index (χ3v) is 10.7. The fourth-order valence-corrected chi connectivity index (χ4v) is 8.97. The van der Waals surface area contributed by atoms with Gasteiger partial charge in [0.1, 0.15) is 9.84 Å². The van der Waals surface area contributed by atoms with Crippen molar-refractivity contribution in [2.75, 3.05) is 0 Å². The minimum Gasteiger partial charge on any atom is -0.459 e. The Hall–Kier alpha value is -0.680. The number of benzene rings is 1. The minimum absolute atomic E-state index is 0.0527. The van der Waals surface area contributed by atoms with Crippen LogP contribution in [0, 0.1) is 40.9 Å². The van der Waals surface area contributed by atoms with Gasteiger partial charge in [-0.05, 0) is 105 Å². The molecule has 0 radical (unpaired) electrons. The lowest BCUT2D eigenvalue weighted by Crippen LogP contribution is -2.52. The van der Waals surface area contributed by atoms with Crippen molar-refractivity contribution in [3.05, 3.63) is 35.9 Å². The molecule has 0 N–H and O–H groups in total. The van der Waals surface area contributed by atoms with Gasteiger partial charge in [-0.25, -0.2) is 4.79 Å². The first-order valence-corrected chi connectivity index (χ1v) is 14.3. The van der Waals surface area contributed by atoms with E-state index >= 15 is 0 Å². The van der Waals surface area contributed by atoms with Crippen LogP contribution in [-0.4, -0.2) is 21.6 Å². The summed E-state index contributed by atoms with van der Waals surface area (Å²) < 4.78 is 5.76. The van der Waals surface area contributed by atoms with Gasteiger partial charge < -0.3 is 4.74 Å². The molecule has 4 fully saturated rings. The Balaban J connectivity index is 1.25. The van der Waals surface area contributed by atoms with E-state index in [-0.39, 0.29) is 21.7 Å². The SMILES string of the molecule is C[C@]12CC[C@@H](OC(=O)c3ccccc3)C[C@@H]1CCC1C3CC[C@H](C(=O)C(Br)Br)C3CCC12. The van der Waals surface area contributed by atoms with Crippen molar-refractivity contribution < 1.29 is 14.3 Å². The lowest BCUT2D eigenvalue weighted by molar-refractivity contribution is -0.127. The predicted molar refractivity (Wildman–Crippen MR) is 133 cm³/mol. The van der Waals surface area contributed by atoms with E-state index in [2.05, 4.69) is 38.8 Å². The Kier molecular flexibility index (Phi) is 6.61. The molecule has 5 heteroatoms. The van der Waals surface area contributed by atoms with Gasteiger partial charge in [0.25, 0.3) is 0 Å². The summed E-state index contributed by atoms with van der Waals surface area (Å²) in [5.74, 6) is 3.94. The minimum atomic E-state index is -0.196. The van der Waals surface area contributed by atoms with Crippen molar-refractivity contribution in [2.24, 2.45) is 40.9 Å². The number of carbonyl (C=O) groups excluding carboxylic acids is 2. The van der Waals surface area contributed by atoms with E-state index in [0.717, 1.165) is 43.4 Å². The molecule has 0 saturated heterocycles. The highest BCUT2D eigenvalue weighted by molar-refractivity contribution is 9.25. The first kappa shape index (κ1) is 23.1. The first-order chi connectivity index (χ1) is 15.4. The summed E-state index contributed by atoms with van der Waals surface area (Å²) in [6, 6.07) is 9.39. The molecule has 4 unspecified atom stereocenters. The van der Waals surface area contributed by atoms with Gasteiger partial charge >= 0.3 is 5.97 Å². The van der Waals surface area contributed by atoms with Crippen LogP contribution in [0.3, 0.4) is 0 Å². The van der Waals surface area contributed by atoms with Crippen molar-refractivity contribution in [3.63, 3.8) is 0 Å². The third kappa shape index (κ3) is 4.04. The van der Waals surface area contributed by atoms with Gasteiger partial charge in [-0.2, -0.15) is 0 Å². The summed E-state index contributed by atoms with van der Waals surface area (Å²) in [7, 11) is 0. The molecule has 0 aromatic heterocycles. The van der Waals surface area contributed by atoms with Gasteiger partial charge in [0.05, 0.1) is 5.56 Å². The van der Waals surface area contributed by atoms with Gasteiger partial charge in [-0.15, -0.1) is 0 Å². The maximum atomic E-state index is 12.7. The zero-order valence-corrected chi connectivity index (χ0v) is 22.0. The topological polar surface area (TPSA) is 43.4 Å². The van der Waals surface area contributed by atoms with Crippen LogP contribution < -0.4 is 0 Å². The smallest absolute Gasteiger partial charge is 0.338 e. The molecule has 8 atom stereocenters. The first-order valence-electron chi connectivity index (χ1n) is 12.5. The van der Waals surface area contributed by atoms with E-state index in [4.69, 9.17) is 4.74 Å². The molecule has 174 valence electrons. The summed E-state index contributed by atoms with van der Waals surface area (Å²) in [5.41, 5.74) is 1.02. The fourth-order valence-electron chi connectivity index (χ4n) is 8.29. The van der Waals surface area contributed by atoms with Gasteiger partial charge in [0.2, 0.25) is 0 Å². The van der Waals surface area contributed by atoms with Crippen LogP contribution in [0.25, 0.3) is 0 Å². The molecule has 0 bridgehead atoms. The second kappa shape index (κ2) is 9.17. The zero-order valence-electron chi connectivity index (χ0n) is 18.9. The Labute approximate surface area is 208 Å². The molecule has 0 amide bonds. The highest BCUT2D eigenvalue weighted by Crippen LogP contribution is 2.64. The quantitative estimate of drug-likeness (QED) is 0.287. The number of rotatable bonds is 4. The van der Waals surface area contributed by atoms with E-state index in [1.54, 1.807) is 0 Å². The van der Waals surface area contributed by atoms with Crippen LogP contribution >= 0.6 is 31.9 Å². The highest BCUT2D eigenvalue weighted by Gasteiger charge is 2.57. The van der Waals surface area contributed by atoms with E-state index in [0.29, 0.717) is 28.6 Å². The average molecular weight is 566 g/mol. The maximum Gasteiger partial charge on any atom is 0.338 e. The normalized spacial score (nSPS) is 40.8. The van der Waals surface area contributed by atoms with E-state index in [9.17, 15) is 9.59 Å². The van der Waals surface area contributed by atoms with Crippen LogP contribution in [0.4, 0.5) is 0 Å². The fraction of sp³-hybridized carbons (Fsp3) is 0.704. The Morgan fingerprint density at radius 2 is 1.66 bits per heavy atom. The standard InChI is InChI=1S/C27H34Br2O3/c1-27-14-13-18(32-26(31)16-5-3-2-4-6-16)15-17(27)7-8-21-19-9-10-22(24(30)25(28)29)20(19)11-12-23(21)27/h2-6,17-23,25H,7-15H2,1H3/t17-,18+,19?,20?,21?,22-,23?,27-/m0/s1. The number of halogens is 2. The molecule has 0 heterocycles. The summed E-state index contributed by atoms with van der Waals surface area (Å²) in [6.45, 7) is 2.54. The summed E-state index contributed by atoms with van der Waals surface area (Å²) in [4.78, 5) is 25.3. The number of ether oxygens (including phenoxy) is 1. The van der Waals surface area contributed by atoms with Crippen LogP contribution in [0.1, 0.15) is 75.1 Å². The second-order valence-corrected chi connectivity index (χ2v) is 14.1. The number of ketones is 1. The van der Waals surface area contributed by atoms with Crippen molar-refractivity contribution >= 4 is 43.6 Å². The largest absolute Gasteiger partial charge is 0.459 e. The van der Waals surface area contributed by atoms with E-state index in [1.807, 2.05) is 30.3 Å². The van der Waals surface area contributed by atoms with Crippen LogP contribution in [0.2, 0.25) is 0 Å². The van der Waals surface area contributed by atoms with Crippen molar-refractivity contribution in [2.45, 2.75) is 74.6 Å². The van der Waals surface area contributed by atoms with Crippen molar-refractivity contribution in [1.82, 2.24) is 0 Å². The summed E-state index contributed by atoms with van der Waals surface area (Å²) in [5, 5.41) is 0. The van der Waals surface area contributed by atoms with Gasteiger partial charge in [-0.3, -0.25) is 4.79 Å². The molecular formula is C27H34Br2O3. The zero-order chi connectivity index (χ0) is 22.5. The average Bonchev–Trinajstić information content (AvgIpc) is 3.23. The second-order valence-electron chi connectivity index (χ2n) is 11.0. The van der Waals surface area contributed by atoms with Gasteiger partial charge in [-0.1, -0.05) is 57.0 Å². The van der Waals surface area contributed by atoms with E-state index < -0.39 is 0 Å². The lowest BCUT2D eigenvalue weighted by atomic mass is 9.47. The molecule has 1 aromatic rings. The molecule has 0 aliphatic heterocycles. The molecule has 32 heavy (non-hydrogen) atoms. The molecule has 4 saturated carbocycles. The Bertz CT molecular complexity index is 856. The molecule has 0 spiro atoms. The number of carbonyl (C=O) groups is 2. The molecule has 4 aliphatic rings. The number of esters is 1. The predicted octanol–water partition coefficient (Wildman–Crippen LogP) is 7.17. The Morgan fingerprint density at radius 3 is 2.41 bits per heavy atom. The number of hydrogen-bond acceptors (Lipinski definition) is 3. The highest BCUT2D eigenvalue weighted by atomic mass is 79.9. The third-order valence-electron chi connectivity index (χ3n) is 9.80. The molecule has 3 nitrogen and oxygen atoms in total. The maximum absolute atomic E-state index is 12.7. The number of Topliss-reactive ketones (excluding diaryl/α,β-unsaturated/α-hetero) is 1. The van der Waals surface area contributed by atoms with E-state index in [1.165, 1.54) is 32.1 Å². The van der Waals surface area contributed by atoms with Crippen LogP contribution in [-0.2, 0) is 9.53 Å². The number of hydrogen-bond donors (Lipinski definition) is 0. The van der Waals surface area contributed by atoms with Crippen molar-refractivity contribution in [1.29, 1.82) is 0 Å². The summed E-state index contributed by atoms with van der Waals surface area (Å²) in [6.07, 6.45) is 10.5. The molecule has 5 rings (SSSR count). The van der Waals surface area contributed by atoms with Crippen LogP contribution in [0.5, 0.6) is 0 Å². The summed E-state index contributed by atoms with van der Waals surface area (Å²) >= 11 is 6.92. The monoisotopic (exact) mass is 564 g/mol. The van der Waals surface area contributed by atoms with Crippen molar-refractivity contribution in [3.8, 4) is 0 Å².